The molecule has 2 atom stereocenters. The highest BCUT2D eigenvalue weighted by molar-refractivity contribution is 8.00. The Balaban J connectivity index is 1.04. The maximum absolute atomic E-state index is 10.8. The molecule has 0 spiro atoms. The molecule has 7 rings (SSSR count). The monoisotopic (exact) mass is 742 g/mol. The molecule has 0 saturated carbocycles. The summed E-state index contributed by atoms with van der Waals surface area (Å²) in [5.74, 6) is 1.98. The number of hydrogen-bond donors (Lipinski definition) is 2. The lowest BCUT2D eigenvalue weighted by Gasteiger charge is -2.34. The van der Waals surface area contributed by atoms with Crippen LogP contribution in [0.15, 0.2) is 165 Å². The summed E-state index contributed by atoms with van der Waals surface area (Å²) < 4.78 is 12.0. The lowest BCUT2D eigenvalue weighted by molar-refractivity contribution is 0.104. The van der Waals surface area contributed by atoms with E-state index in [1.807, 2.05) is 31.2 Å². The fraction of sp³-hybridized carbons (Fsp3) is 0.200. The Morgan fingerprint density at radius 1 is 0.538 bits per heavy atom. The van der Waals surface area contributed by atoms with Gasteiger partial charge in [0, 0.05) is 25.3 Å². The second kappa shape index (κ2) is 16.7. The van der Waals surface area contributed by atoms with Gasteiger partial charge in [0.25, 0.3) is 0 Å². The van der Waals surface area contributed by atoms with E-state index in [4.69, 9.17) is 9.47 Å². The highest BCUT2D eigenvalue weighted by atomic mass is 32.2. The number of benzene rings is 6. The molecule has 2 N–H and O–H groups in total. The van der Waals surface area contributed by atoms with Crippen molar-refractivity contribution in [3.05, 3.63) is 168 Å². The van der Waals surface area contributed by atoms with Crippen molar-refractivity contribution in [2.45, 2.75) is 50.5 Å². The number of aliphatic hydroxyl groups excluding tert-OH is 2. The maximum atomic E-state index is 10.8. The van der Waals surface area contributed by atoms with Crippen LogP contribution in [0.25, 0.3) is 11.1 Å². The third-order valence-electron chi connectivity index (χ3n) is 9.44. The van der Waals surface area contributed by atoms with Crippen molar-refractivity contribution in [3.63, 3.8) is 0 Å². The van der Waals surface area contributed by atoms with E-state index in [1.165, 1.54) is 36.9 Å². The topological polar surface area (TPSA) is 58.9 Å². The summed E-state index contributed by atoms with van der Waals surface area (Å²) in [7, 11) is 0. The summed E-state index contributed by atoms with van der Waals surface area (Å²) in [6.07, 6.45) is 1.63. The number of aliphatic hydroxyl groups is 2. The molecule has 2 unspecified atom stereocenters. The molecule has 0 bridgehead atoms. The molecule has 0 aliphatic heterocycles. The van der Waals surface area contributed by atoms with Gasteiger partial charge >= 0.3 is 0 Å². The van der Waals surface area contributed by atoms with Crippen molar-refractivity contribution in [1.82, 2.24) is 0 Å². The summed E-state index contributed by atoms with van der Waals surface area (Å²) >= 11 is 5.13. The van der Waals surface area contributed by atoms with Crippen LogP contribution in [-0.4, -0.2) is 47.6 Å². The van der Waals surface area contributed by atoms with Crippen LogP contribution in [0.2, 0.25) is 0 Å². The SMILES string of the molecule is CCC(O)COc1ccc(C2(c3ccc(OCC(O)CSc4ccc(Sc5ccc(SC)cc5)cc4)cc3)c3ccccc3-c3ccccc32)cc1. The molecule has 0 fully saturated rings. The molecule has 0 radical (unpaired) electrons. The van der Waals surface area contributed by atoms with Crippen LogP contribution in [-0.2, 0) is 5.41 Å². The predicted octanol–water partition coefficient (Wildman–Crippen LogP) is 10.6. The summed E-state index contributed by atoms with van der Waals surface area (Å²) in [5, 5.41) is 20.9. The third kappa shape index (κ3) is 7.80. The zero-order valence-corrected chi connectivity index (χ0v) is 31.7. The number of rotatable bonds is 15. The average Bonchev–Trinajstić information content (AvgIpc) is 3.50. The third-order valence-corrected chi connectivity index (χ3v) is 12.4. The van der Waals surface area contributed by atoms with Crippen molar-refractivity contribution in [1.29, 1.82) is 0 Å². The van der Waals surface area contributed by atoms with Crippen LogP contribution in [0.4, 0.5) is 0 Å². The van der Waals surface area contributed by atoms with E-state index >= 15 is 0 Å². The molecule has 6 aromatic rings. The van der Waals surface area contributed by atoms with E-state index in [2.05, 4.69) is 128 Å². The van der Waals surface area contributed by atoms with E-state index in [9.17, 15) is 10.2 Å². The van der Waals surface area contributed by atoms with Gasteiger partial charge in [-0.2, -0.15) is 0 Å². The first-order chi connectivity index (χ1) is 25.5. The van der Waals surface area contributed by atoms with Gasteiger partial charge in [0.1, 0.15) is 24.7 Å². The average molecular weight is 743 g/mol. The predicted molar refractivity (Wildman–Crippen MR) is 217 cm³/mol. The molecule has 4 nitrogen and oxygen atoms in total. The van der Waals surface area contributed by atoms with Crippen molar-refractivity contribution < 1.29 is 19.7 Å². The molecule has 0 heterocycles. The van der Waals surface area contributed by atoms with Crippen molar-refractivity contribution in [3.8, 4) is 22.6 Å². The zero-order valence-electron chi connectivity index (χ0n) is 29.3. The van der Waals surface area contributed by atoms with Crippen LogP contribution in [0.5, 0.6) is 11.5 Å². The van der Waals surface area contributed by atoms with Gasteiger partial charge in [-0.1, -0.05) is 91.5 Å². The Kier molecular flexibility index (Phi) is 11.6. The second-order valence-electron chi connectivity index (χ2n) is 12.8. The van der Waals surface area contributed by atoms with E-state index in [-0.39, 0.29) is 13.2 Å². The van der Waals surface area contributed by atoms with E-state index in [1.54, 1.807) is 35.3 Å². The first kappa shape index (κ1) is 36.3. The largest absolute Gasteiger partial charge is 0.491 e. The lowest BCUT2D eigenvalue weighted by atomic mass is 9.68. The Labute approximate surface area is 319 Å². The number of hydrogen-bond acceptors (Lipinski definition) is 7. The number of ether oxygens (including phenoxy) is 2. The molecule has 0 amide bonds. The molecule has 52 heavy (non-hydrogen) atoms. The van der Waals surface area contributed by atoms with Crippen LogP contribution in [0, 0.1) is 0 Å². The van der Waals surface area contributed by atoms with Gasteiger partial charge in [-0.05, 0) is 119 Å². The minimum atomic E-state index is -0.618. The first-order valence-electron chi connectivity index (χ1n) is 17.5. The van der Waals surface area contributed by atoms with Crippen molar-refractivity contribution in [2.24, 2.45) is 0 Å². The van der Waals surface area contributed by atoms with Crippen LogP contribution < -0.4 is 9.47 Å². The Morgan fingerprint density at radius 3 is 1.46 bits per heavy atom. The molecule has 0 aromatic heterocycles. The highest BCUT2D eigenvalue weighted by Crippen LogP contribution is 2.56. The molecular weight excluding hydrogens is 701 g/mol. The smallest absolute Gasteiger partial charge is 0.119 e. The Morgan fingerprint density at radius 2 is 0.981 bits per heavy atom. The molecule has 264 valence electrons. The highest BCUT2D eigenvalue weighted by Gasteiger charge is 2.45. The fourth-order valence-electron chi connectivity index (χ4n) is 6.75. The molecular formula is C45H42O4S3. The molecule has 6 aromatic carbocycles. The van der Waals surface area contributed by atoms with Crippen molar-refractivity contribution in [2.75, 3.05) is 25.2 Å². The molecule has 1 aliphatic carbocycles. The normalized spacial score (nSPS) is 13.9. The van der Waals surface area contributed by atoms with Gasteiger partial charge in [-0.3, -0.25) is 0 Å². The van der Waals surface area contributed by atoms with Gasteiger partial charge < -0.3 is 19.7 Å². The molecule has 1 aliphatic rings. The Hall–Kier alpha value is -4.11. The lowest BCUT2D eigenvalue weighted by Crippen LogP contribution is -2.28. The maximum Gasteiger partial charge on any atom is 0.119 e. The van der Waals surface area contributed by atoms with Crippen LogP contribution >= 0.6 is 35.3 Å². The van der Waals surface area contributed by atoms with Crippen LogP contribution in [0.3, 0.4) is 0 Å². The molecule has 0 saturated heterocycles. The molecule has 7 heteroatoms. The van der Waals surface area contributed by atoms with E-state index in [0.29, 0.717) is 17.9 Å². The number of fused-ring (bicyclic) bond motifs is 3. The summed E-state index contributed by atoms with van der Waals surface area (Å²) in [6, 6.07) is 51.0. The summed E-state index contributed by atoms with van der Waals surface area (Å²) in [5.41, 5.74) is 6.61. The summed E-state index contributed by atoms with van der Waals surface area (Å²) in [6.45, 7) is 2.42. The van der Waals surface area contributed by atoms with Gasteiger partial charge in [-0.25, -0.2) is 0 Å². The Bertz CT molecular complexity index is 2020. The fourth-order valence-corrected chi connectivity index (χ4v) is 8.79. The zero-order chi connectivity index (χ0) is 35.9. The van der Waals surface area contributed by atoms with Crippen molar-refractivity contribution >= 4 is 35.3 Å². The minimum Gasteiger partial charge on any atom is -0.491 e. The van der Waals surface area contributed by atoms with Gasteiger partial charge in [0.05, 0.1) is 17.6 Å². The minimum absolute atomic E-state index is 0.206. The van der Waals surface area contributed by atoms with E-state index < -0.39 is 17.6 Å². The van der Waals surface area contributed by atoms with Crippen LogP contribution in [0.1, 0.15) is 35.6 Å². The first-order valence-corrected chi connectivity index (χ1v) is 20.6. The second-order valence-corrected chi connectivity index (χ2v) is 15.9. The standard InChI is InChI=1S/C45H42O4S3/c1-3-33(46)28-48-35-16-12-31(13-17-35)45(43-10-6-4-8-41(43)42-9-5-7-11-44(42)45)32-14-18-36(19-15-32)49-29-34(47)30-51-38-22-26-40(27-23-38)52-39-24-20-37(50-2)21-25-39/h4-27,33-34,46-47H,3,28-30H2,1-2H3. The van der Waals surface area contributed by atoms with Gasteiger partial charge in [0.2, 0.25) is 0 Å². The quantitative estimate of drug-likeness (QED) is 0.101. The summed E-state index contributed by atoms with van der Waals surface area (Å²) in [4.78, 5) is 4.79. The van der Waals surface area contributed by atoms with E-state index in [0.717, 1.165) is 21.8 Å². The van der Waals surface area contributed by atoms with Gasteiger partial charge in [-0.15, -0.1) is 23.5 Å². The van der Waals surface area contributed by atoms with Gasteiger partial charge in [0.15, 0.2) is 0 Å². The number of thioether (sulfide) groups is 2.